The minimum absolute atomic E-state index is 0.0160. The molecule has 0 saturated carbocycles. The van der Waals surface area contributed by atoms with E-state index >= 15 is 0 Å². The van der Waals surface area contributed by atoms with E-state index < -0.39 is 0 Å². The summed E-state index contributed by atoms with van der Waals surface area (Å²) in [5.74, 6) is 1.23. The second-order valence-electron chi connectivity index (χ2n) is 7.21. The number of rotatable bonds is 5. The minimum atomic E-state index is -0.221. The van der Waals surface area contributed by atoms with Crippen molar-refractivity contribution in [1.82, 2.24) is 4.90 Å². The molecule has 1 atom stereocenters. The number of ether oxygens (including phenoxy) is 2. The summed E-state index contributed by atoms with van der Waals surface area (Å²) in [7, 11) is 3.31. The molecular formula is C24H23ClFNO2. The molecule has 0 saturated heterocycles. The Morgan fingerprint density at radius 3 is 2.41 bits per heavy atom. The van der Waals surface area contributed by atoms with E-state index in [0.29, 0.717) is 17.3 Å². The Kier molecular flexibility index (Phi) is 5.74. The molecule has 0 N–H and O–H groups in total. The SMILES string of the molecule is COc1cc2c(cc1OC)[C@H](c1cccc(Cl)c1)N(Cc1ccc(F)cc1)CC2. The van der Waals surface area contributed by atoms with E-state index in [1.807, 2.05) is 30.3 Å². The third-order valence-electron chi connectivity index (χ3n) is 5.44. The fourth-order valence-corrected chi connectivity index (χ4v) is 4.26. The minimum Gasteiger partial charge on any atom is -0.493 e. The fourth-order valence-electron chi connectivity index (χ4n) is 4.06. The molecule has 3 aromatic carbocycles. The lowest BCUT2D eigenvalue weighted by Crippen LogP contribution is -2.35. The third-order valence-corrected chi connectivity index (χ3v) is 5.67. The van der Waals surface area contributed by atoms with Crippen LogP contribution >= 0.6 is 11.6 Å². The van der Waals surface area contributed by atoms with Crippen LogP contribution in [0, 0.1) is 5.82 Å². The van der Waals surface area contributed by atoms with Gasteiger partial charge in [-0.15, -0.1) is 0 Å². The predicted octanol–water partition coefficient (Wildman–Crippen LogP) is 5.64. The number of nitrogens with zero attached hydrogens (tertiary/aromatic N) is 1. The fraction of sp³-hybridized carbons (Fsp3) is 0.250. The number of benzene rings is 3. The van der Waals surface area contributed by atoms with Gasteiger partial charge in [-0.3, -0.25) is 4.90 Å². The number of fused-ring (bicyclic) bond motifs is 1. The second kappa shape index (κ2) is 8.44. The summed E-state index contributed by atoms with van der Waals surface area (Å²) in [5, 5.41) is 0.705. The Morgan fingerprint density at radius 2 is 1.72 bits per heavy atom. The molecule has 5 heteroatoms. The van der Waals surface area contributed by atoms with Crippen molar-refractivity contribution in [2.24, 2.45) is 0 Å². The summed E-state index contributed by atoms with van der Waals surface area (Å²) in [4.78, 5) is 2.40. The van der Waals surface area contributed by atoms with Gasteiger partial charge >= 0.3 is 0 Å². The first kappa shape index (κ1) is 19.7. The first-order valence-electron chi connectivity index (χ1n) is 9.58. The van der Waals surface area contributed by atoms with Gasteiger partial charge in [-0.05, 0) is 65.1 Å². The zero-order valence-electron chi connectivity index (χ0n) is 16.5. The molecule has 0 fully saturated rings. The van der Waals surface area contributed by atoms with Gasteiger partial charge in [0.05, 0.1) is 20.3 Å². The summed E-state index contributed by atoms with van der Waals surface area (Å²) in [6, 6.07) is 18.8. The molecule has 150 valence electrons. The Balaban J connectivity index is 1.79. The van der Waals surface area contributed by atoms with Crippen LogP contribution in [0.15, 0.2) is 60.7 Å². The van der Waals surface area contributed by atoms with Gasteiger partial charge in [-0.25, -0.2) is 4.39 Å². The Bertz CT molecular complexity index is 1010. The molecule has 4 rings (SSSR count). The van der Waals surface area contributed by atoms with Gasteiger partial charge in [0, 0.05) is 18.1 Å². The lowest BCUT2D eigenvalue weighted by atomic mass is 9.87. The smallest absolute Gasteiger partial charge is 0.161 e. The van der Waals surface area contributed by atoms with Crippen molar-refractivity contribution in [2.45, 2.75) is 19.0 Å². The average molecular weight is 412 g/mol. The van der Waals surface area contributed by atoms with Gasteiger partial charge in [0.25, 0.3) is 0 Å². The quantitative estimate of drug-likeness (QED) is 0.542. The zero-order chi connectivity index (χ0) is 20.4. The molecular weight excluding hydrogens is 389 g/mol. The maximum atomic E-state index is 13.3. The lowest BCUT2D eigenvalue weighted by Gasteiger charge is -2.38. The summed E-state index contributed by atoms with van der Waals surface area (Å²) < 4.78 is 24.4. The van der Waals surface area contributed by atoms with E-state index in [9.17, 15) is 4.39 Å². The van der Waals surface area contributed by atoms with Crippen molar-refractivity contribution in [3.05, 3.63) is 93.8 Å². The lowest BCUT2D eigenvalue weighted by molar-refractivity contribution is 0.203. The van der Waals surface area contributed by atoms with Gasteiger partial charge in [-0.1, -0.05) is 35.9 Å². The summed E-state index contributed by atoms with van der Waals surface area (Å²) in [5.41, 5.74) is 4.61. The number of hydrogen-bond acceptors (Lipinski definition) is 3. The molecule has 0 bridgehead atoms. The first-order chi connectivity index (χ1) is 14.1. The van der Waals surface area contributed by atoms with Crippen LogP contribution in [-0.4, -0.2) is 25.7 Å². The number of halogens is 2. The van der Waals surface area contributed by atoms with Crippen molar-refractivity contribution < 1.29 is 13.9 Å². The largest absolute Gasteiger partial charge is 0.493 e. The molecule has 3 aromatic rings. The highest BCUT2D eigenvalue weighted by molar-refractivity contribution is 6.30. The van der Waals surface area contributed by atoms with Crippen molar-refractivity contribution in [2.75, 3.05) is 20.8 Å². The maximum absolute atomic E-state index is 13.3. The van der Waals surface area contributed by atoms with Crippen molar-refractivity contribution in [1.29, 1.82) is 0 Å². The molecule has 0 radical (unpaired) electrons. The number of methoxy groups -OCH3 is 2. The van der Waals surface area contributed by atoms with Gasteiger partial charge in [0.15, 0.2) is 11.5 Å². The van der Waals surface area contributed by atoms with Gasteiger partial charge in [0.1, 0.15) is 5.82 Å². The topological polar surface area (TPSA) is 21.7 Å². The maximum Gasteiger partial charge on any atom is 0.161 e. The van der Waals surface area contributed by atoms with Crippen LogP contribution in [0.3, 0.4) is 0 Å². The molecule has 0 aromatic heterocycles. The molecule has 0 amide bonds. The highest BCUT2D eigenvalue weighted by Gasteiger charge is 2.30. The van der Waals surface area contributed by atoms with Crippen molar-refractivity contribution in [3.8, 4) is 11.5 Å². The molecule has 0 aliphatic carbocycles. The van der Waals surface area contributed by atoms with E-state index in [4.69, 9.17) is 21.1 Å². The van der Waals surface area contributed by atoms with Gasteiger partial charge in [-0.2, -0.15) is 0 Å². The van der Waals surface area contributed by atoms with Crippen LogP contribution in [-0.2, 0) is 13.0 Å². The summed E-state index contributed by atoms with van der Waals surface area (Å²) >= 11 is 6.32. The highest BCUT2D eigenvalue weighted by Crippen LogP contribution is 2.41. The molecule has 3 nitrogen and oxygen atoms in total. The van der Waals surface area contributed by atoms with E-state index in [1.54, 1.807) is 14.2 Å². The number of hydrogen-bond donors (Lipinski definition) is 0. The van der Waals surface area contributed by atoms with Gasteiger partial charge in [0.2, 0.25) is 0 Å². The van der Waals surface area contributed by atoms with Crippen molar-refractivity contribution >= 4 is 11.6 Å². The summed E-state index contributed by atoms with van der Waals surface area (Å²) in [6.45, 7) is 1.59. The van der Waals surface area contributed by atoms with Crippen LogP contribution in [0.5, 0.6) is 11.5 Å². The van der Waals surface area contributed by atoms with Crippen molar-refractivity contribution in [3.63, 3.8) is 0 Å². The standard InChI is InChI=1S/C24H23ClFNO2/c1-28-22-13-17-10-11-27(15-16-6-8-20(26)9-7-16)24(21(17)14-23(22)29-2)18-4-3-5-19(25)12-18/h3-9,12-14,24H,10-11,15H2,1-2H3/t24-/m0/s1. The monoisotopic (exact) mass is 411 g/mol. The second-order valence-corrected chi connectivity index (χ2v) is 7.65. The van der Waals surface area contributed by atoms with E-state index in [-0.39, 0.29) is 11.9 Å². The predicted molar refractivity (Wildman–Crippen MR) is 113 cm³/mol. The van der Waals surface area contributed by atoms with Crippen LogP contribution in [0.25, 0.3) is 0 Å². The van der Waals surface area contributed by atoms with E-state index in [2.05, 4.69) is 23.1 Å². The normalized spacial score (nSPS) is 16.3. The third kappa shape index (κ3) is 4.09. The molecule has 29 heavy (non-hydrogen) atoms. The van der Waals surface area contributed by atoms with Crippen LogP contribution in [0.2, 0.25) is 5.02 Å². The van der Waals surface area contributed by atoms with Crippen LogP contribution in [0.4, 0.5) is 4.39 Å². The highest BCUT2D eigenvalue weighted by atomic mass is 35.5. The Labute approximate surface area is 175 Å². The average Bonchev–Trinajstić information content (AvgIpc) is 2.74. The molecule has 1 aliphatic rings. The molecule has 0 unspecified atom stereocenters. The van der Waals surface area contributed by atoms with Crippen LogP contribution < -0.4 is 9.47 Å². The van der Waals surface area contributed by atoms with E-state index in [0.717, 1.165) is 29.8 Å². The molecule has 1 aliphatic heterocycles. The van der Waals surface area contributed by atoms with E-state index in [1.165, 1.54) is 23.3 Å². The Morgan fingerprint density at radius 1 is 1.00 bits per heavy atom. The van der Waals surface area contributed by atoms with Gasteiger partial charge < -0.3 is 9.47 Å². The zero-order valence-corrected chi connectivity index (χ0v) is 17.2. The Hall–Kier alpha value is -2.56. The molecule has 0 spiro atoms. The molecule has 1 heterocycles. The van der Waals surface area contributed by atoms with Crippen LogP contribution in [0.1, 0.15) is 28.3 Å². The first-order valence-corrected chi connectivity index (χ1v) is 9.95. The summed E-state index contributed by atoms with van der Waals surface area (Å²) in [6.07, 6.45) is 0.897.